The van der Waals surface area contributed by atoms with Crippen molar-refractivity contribution in [2.75, 3.05) is 19.6 Å². The van der Waals surface area contributed by atoms with Gasteiger partial charge < -0.3 is 10.2 Å². The van der Waals surface area contributed by atoms with E-state index >= 15 is 0 Å². The second-order valence-electron chi connectivity index (χ2n) is 6.99. The molecule has 4 nitrogen and oxygen atoms in total. The maximum Gasteiger partial charge on any atom is 0.221 e. The van der Waals surface area contributed by atoms with Gasteiger partial charge in [0, 0.05) is 49.9 Å². The van der Waals surface area contributed by atoms with Crippen molar-refractivity contribution < 1.29 is 4.79 Å². The topological polar surface area (TPSA) is 45.2 Å². The summed E-state index contributed by atoms with van der Waals surface area (Å²) in [6.45, 7) is 3.50. The molecule has 112 valence electrons. The molecule has 1 amide bonds. The minimum Gasteiger partial charge on any atom is -0.350 e. The van der Waals surface area contributed by atoms with Gasteiger partial charge in [-0.3, -0.25) is 9.78 Å². The molecule has 3 heterocycles. The van der Waals surface area contributed by atoms with E-state index < -0.39 is 0 Å². The predicted octanol–water partition coefficient (Wildman–Crippen LogP) is 1.93. The van der Waals surface area contributed by atoms with E-state index in [0.717, 1.165) is 31.8 Å². The molecule has 4 heteroatoms. The first-order valence-corrected chi connectivity index (χ1v) is 8.18. The summed E-state index contributed by atoms with van der Waals surface area (Å²) in [5.74, 6) is 1.45. The molecule has 2 saturated heterocycles. The lowest BCUT2D eigenvalue weighted by Gasteiger charge is -2.43. The molecule has 1 atom stereocenters. The van der Waals surface area contributed by atoms with Gasteiger partial charge in [0.1, 0.15) is 0 Å². The Bertz CT molecular complexity index is 518. The second kappa shape index (κ2) is 5.09. The zero-order chi connectivity index (χ0) is 14.3. The van der Waals surface area contributed by atoms with Crippen LogP contribution in [0.1, 0.15) is 43.6 Å². The summed E-state index contributed by atoms with van der Waals surface area (Å²) >= 11 is 0. The maximum absolute atomic E-state index is 12.0. The van der Waals surface area contributed by atoms with Crippen molar-refractivity contribution in [1.29, 1.82) is 0 Å². The van der Waals surface area contributed by atoms with Gasteiger partial charge in [-0.15, -0.1) is 0 Å². The lowest BCUT2D eigenvalue weighted by atomic mass is 9.74. The molecule has 1 spiro atoms. The van der Waals surface area contributed by atoms with Crippen LogP contribution < -0.4 is 5.32 Å². The van der Waals surface area contributed by atoms with Gasteiger partial charge in [0.15, 0.2) is 0 Å². The molecular weight excluding hydrogens is 262 g/mol. The zero-order valence-corrected chi connectivity index (χ0v) is 12.4. The highest BCUT2D eigenvalue weighted by Crippen LogP contribution is 2.43. The molecule has 0 unspecified atom stereocenters. The monoisotopic (exact) mass is 285 g/mol. The van der Waals surface area contributed by atoms with E-state index in [1.54, 1.807) is 6.20 Å². The maximum atomic E-state index is 12.0. The summed E-state index contributed by atoms with van der Waals surface area (Å²) in [4.78, 5) is 18.9. The van der Waals surface area contributed by atoms with Crippen LogP contribution in [0.2, 0.25) is 0 Å². The van der Waals surface area contributed by atoms with Crippen molar-refractivity contribution in [3.05, 3.63) is 30.1 Å². The first kappa shape index (κ1) is 13.3. The summed E-state index contributed by atoms with van der Waals surface area (Å²) in [5, 5.41) is 3.31. The highest BCUT2D eigenvalue weighted by Gasteiger charge is 2.48. The van der Waals surface area contributed by atoms with E-state index in [1.807, 2.05) is 12.3 Å². The Balaban J connectivity index is 1.50. The fourth-order valence-corrected chi connectivity index (χ4v) is 4.09. The molecule has 1 saturated carbocycles. The number of carbonyl (C=O) groups excluding carboxylic acids is 1. The van der Waals surface area contributed by atoms with Crippen molar-refractivity contribution >= 4 is 5.91 Å². The van der Waals surface area contributed by atoms with Gasteiger partial charge in [-0.25, -0.2) is 0 Å². The molecule has 0 radical (unpaired) electrons. The molecule has 0 aromatic carbocycles. The number of piperidine rings is 1. The van der Waals surface area contributed by atoms with Gasteiger partial charge in [-0.1, -0.05) is 6.07 Å². The van der Waals surface area contributed by atoms with Gasteiger partial charge in [-0.05, 0) is 43.2 Å². The van der Waals surface area contributed by atoms with Crippen LogP contribution in [0, 0.1) is 5.92 Å². The molecule has 21 heavy (non-hydrogen) atoms. The Morgan fingerprint density at radius 3 is 2.81 bits per heavy atom. The average Bonchev–Trinajstić information content (AvgIpc) is 3.26. The first-order chi connectivity index (χ1) is 10.3. The normalized spacial score (nSPS) is 28.8. The number of hydrogen-bond acceptors (Lipinski definition) is 3. The Hall–Kier alpha value is -1.42. The van der Waals surface area contributed by atoms with Gasteiger partial charge in [0.25, 0.3) is 0 Å². The van der Waals surface area contributed by atoms with E-state index in [9.17, 15) is 4.79 Å². The van der Waals surface area contributed by atoms with Crippen LogP contribution >= 0.6 is 0 Å². The molecule has 1 aromatic rings. The third-order valence-corrected chi connectivity index (χ3v) is 5.49. The van der Waals surface area contributed by atoms with Crippen LogP contribution in [0.25, 0.3) is 0 Å². The van der Waals surface area contributed by atoms with Crippen molar-refractivity contribution in [1.82, 2.24) is 15.2 Å². The first-order valence-electron chi connectivity index (χ1n) is 8.18. The molecule has 4 rings (SSSR count). The summed E-state index contributed by atoms with van der Waals surface area (Å²) in [7, 11) is 0. The molecule has 2 aliphatic heterocycles. The van der Waals surface area contributed by atoms with Crippen LogP contribution in [-0.2, 0) is 4.79 Å². The number of aromatic nitrogens is 1. The number of likely N-dealkylation sites (tertiary alicyclic amines) is 1. The van der Waals surface area contributed by atoms with Gasteiger partial charge in [0.2, 0.25) is 5.91 Å². The molecule has 3 fully saturated rings. The molecule has 1 aliphatic carbocycles. The van der Waals surface area contributed by atoms with Crippen molar-refractivity contribution in [2.45, 2.75) is 43.6 Å². The number of rotatable bonds is 3. The molecular formula is C17H23N3O. The van der Waals surface area contributed by atoms with Crippen molar-refractivity contribution in [3.63, 3.8) is 0 Å². The Morgan fingerprint density at radius 1 is 1.33 bits per heavy atom. The van der Waals surface area contributed by atoms with Gasteiger partial charge in [0.05, 0.1) is 0 Å². The van der Waals surface area contributed by atoms with E-state index in [-0.39, 0.29) is 11.4 Å². The van der Waals surface area contributed by atoms with Crippen LogP contribution in [-0.4, -0.2) is 41.0 Å². The molecule has 3 aliphatic rings. The summed E-state index contributed by atoms with van der Waals surface area (Å²) in [6, 6.07) is 4.10. The number of amides is 1. The van der Waals surface area contributed by atoms with Gasteiger partial charge in [-0.2, -0.15) is 0 Å². The highest BCUT2D eigenvalue weighted by atomic mass is 16.2. The SMILES string of the molecule is O=C1C[C@@H](c2cccnc2)C2(CCN(CC3CC3)CC2)N1. The predicted molar refractivity (Wildman–Crippen MR) is 80.9 cm³/mol. The fourth-order valence-electron chi connectivity index (χ4n) is 4.09. The lowest BCUT2D eigenvalue weighted by Crippen LogP contribution is -2.53. The number of pyridine rings is 1. The number of carbonyl (C=O) groups is 1. The summed E-state index contributed by atoms with van der Waals surface area (Å²) in [6.07, 6.45) is 9.33. The molecule has 1 aromatic heterocycles. The van der Waals surface area contributed by atoms with Crippen LogP contribution in [0.3, 0.4) is 0 Å². The zero-order valence-electron chi connectivity index (χ0n) is 12.4. The van der Waals surface area contributed by atoms with E-state index in [1.165, 1.54) is 24.9 Å². The smallest absolute Gasteiger partial charge is 0.221 e. The van der Waals surface area contributed by atoms with E-state index in [0.29, 0.717) is 12.3 Å². The van der Waals surface area contributed by atoms with E-state index in [2.05, 4.69) is 21.3 Å². The standard InChI is InChI=1S/C17H23N3O/c21-16-10-15(14-2-1-7-18-11-14)17(19-16)5-8-20(9-6-17)12-13-3-4-13/h1-2,7,11,13,15H,3-6,8-10,12H2,(H,19,21)/t15-/m0/s1. The number of nitrogens with one attached hydrogen (secondary N) is 1. The minimum absolute atomic E-state index is 0.0276. The average molecular weight is 285 g/mol. The minimum atomic E-state index is -0.0276. The third kappa shape index (κ3) is 2.57. The van der Waals surface area contributed by atoms with Crippen molar-refractivity contribution in [3.8, 4) is 0 Å². The van der Waals surface area contributed by atoms with Gasteiger partial charge >= 0.3 is 0 Å². The largest absolute Gasteiger partial charge is 0.350 e. The van der Waals surface area contributed by atoms with Crippen LogP contribution in [0.5, 0.6) is 0 Å². The molecule has 0 bridgehead atoms. The van der Waals surface area contributed by atoms with Crippen molar-refractivity contribution in [2.24, 2.45) is 5.92 Å². The Morgan fingerprint density at radius 2 is 2.14 bits per heavy atom. The third-order valence-electron chi connectivity index (χ3n) is 5.49. The quantitative estimate of drug-likeness (QED) is 0.923. The lowest BCUT2D eigenvalue weighted by molar-refractivity contribution is -0.120. The number of hydrogen-bond donors (Lipinski definition) is 1. The highest BCUT2D eigenvalue weighted by molar-refractivity contribution is 5.81. The second-order valence-corrected chi connectivity index (χ2v) is 6.99. The fraction of sp³-hybridized carbons (Fsp3) is 0.647. The Kier molecular flexibility index (Phi) is 3.21. The molecule has 1 N–H and O–H groups in total. The Labute approximate surface area is 125 Å². The number of nitrogens with zero attached hydrogens (tertiary/aromatic N) is 2. The van der Waals surface area contributed by atoms with Crippen LogP contribution in [0.15, 0.2) is 24.5 Å². The summed E-state index contributed by atoms with van der Waals surface area (Å²) in [5.41, 5.74) is 1.19. The van der Waals surface area contributed by atoms with Crippen LogP contribution in [0.4, 0.5) is 0 Å². The van der Waals surface area contributed by atoms with E-state index in [4.69, 9.17) is 0 Å². The summed E-state index contributed by atoms with van der Waals surface area (Å²) < 4.78 is 0.